The Morgan fingerprint density at radius 3 is 2.69 bits per heavy atom. The molecule has 3 aromatic carbocycles. The van der Waals surface area contributed by atoms with Crippen LogP contribution in [-0.4, -0.2) is 39.4 Å². The summed E-state index contributed by atoms with van der Waals surface area (Å²) in [5.74, 6) is 0.901. The van der Waals surface area contributed by atoms with Gasteiger partial charge in [0.05, 0.1) is 28.6 Å². The van der Waals surface area contributed by atoms with Gasteiger partial charge in [-0.2, -0.15) is 0 Å². The number of aromatic nitrogens is 3. The molecule has 0 unspecified atom stereocenters. The van der Waals surface area contributed by atoms with E-state index in [-0.39, 0.29) is 11.7 Å². The summed E-state index contributed by atoms with van der Waals surface area (Å²) >= 11 is 7.76. The van der Waals surface area contributed by atoms with Crippen molar-refractivity contribution < 1.29 is 13.9 Å². The standard InChI is InChI=1S/C30H26ClFN4O2S/c1-17-22(31)12-13-23-24(17)35-29(33-23)30(2)14-5-15-36(30)28(37)25-26(18-8-10-20(32)11-9-18)39-27(34-25)19-6-4-7-21(16-19)38-3/h4,6-13,16H,5,14-15H2,1-3H3,(H,33,35)/t30-/m0/s1. The Labute approximate surface area is 234 Å². The third-order valence-electron chi connectivity index (χ3n) is 7.49. The van der Waals surface area contributed by atoms with Crippen LogP contribution in [0.3, 0.4) is 0 Å². The highest BCUT2D eigenvalue weighted by Gasteiger charge is 2.45. The van der Waals surface area contributed by atoms with Gasteiger partial charge >= 0.3 is 0 Å². The minimum atomic E-state index is -0.658. The highest BCUT2D eigenvalue weighted by Crippen LogP contribution is 2.42. The number of halogens is 2. The van der Waals surface area contributed by atoms with E-state index in [1.54, 1.807) is 19.2 Å². The van der Waals surface area contributed by atoms with Crippen LogP contribution in [0, 0.1) is 12.7 Å². The fourth-order valence-electron chi connectivity index (χ4n) is 5.25. The number of nitrogens with zero attached hydrogens (tertiary/aromatic N) is 3. The van der Waals surface area contributed by atoms with E-state index >= 15 is 0 Å². The number of H-pyrrole nitrogens is 1. The van der Waals surface area contributed by atoms with Gasteiger partial charge in [0.15, 0.2) is 0 Å². The molecule has 9 heteroatoms. The Bertz CT molecular complexity index is 1710. The lowest BCUT2D eigenvalue weighted by molar-refractivity contribution is 0.0601. The fraction of sp³-hybridized carbons (Fsp3) is 0.233. The Kier molecular flexibility index (Phi) is 6.40. The highest BCUT2D eigenvalue weighted by atomic mass is 35.5. The fourth-order valence-corrected chi connectivity index (χ4v) is 6.46. The quantitative estimate of drug-likeness (QED) is 0.240. The first-order valence-electron chi connectivity index (χ1n) is 12.7. The van der Waals surface area contributed by atoms with Crippen LogP contribution in [-0.2, 0) is 5.54 Å². The van der Waals surface area contributed by atoms with Gasteiger partial charge in [0, 0.05) is 17.1 Å². The first-order valence-corrected chi connectivity index (χ1v) is 13.9. The van der Waals surface area contributed by atoms with E-state index in [1.807, 2.05) is 55.1 Å². The third-order valence-corrected chi connectivity index (χ3v) is 9.05. The molecule has 6 rings (SSSR count). The summed E-state index contributed by atoms with van der Waals surface area (Å²) in [4.78, 5) is 30.1. The SMILES string of the molecule is COc1cccc(-c2nc(C(=O)N3CCC[C@@]3(C)c3nc4c(C)c(Cl)ccc4[nH]3)c(-c3ccc(F)cc3)s2)c1. The zero-order chi connectivity index (χ0) is 27.3. The summed E-state index contributed by atoms with van der Waals surface area (Å²) in [5, 5.41) is 1.34. The van der Waals surface area contributed by atoms with Gasteiger partial charge in [-0.25, -0.2) is 14.4 Å². The lowest BCUT2D eigenvalue weighted by atomic mass is 9.97. The highest BCUT2D eigenvalue weighted by molar-refractivity contribution is 7.18. The molecule has 1 fully saturated rings. The molecule has 1 saturated heterocycles. The lowest BCUT2D eigenvalue weighted by Crippen LogP contribution is -2.44. The predicted octanol–water partition coefficient (Wildman–Crippen LogP) is 7.61. The van der Waals surface area contributed by atoms with Gasteiger partial charge in [0.2, 0.25) is 0 Å². The number of aromatic amines is 1. The molecule has 0 saturated carbocycles. The number of hydrogen-bond donors (Lipinski definition) is 1. The second kappa shape index (κ2) is 9.77. The lowest BCUT2D eigenvalue weighted by Gasteiger charge is -2.33. The Balaban J connectivity index is 1.45. The van der Waals surface area contributed by atoms with Crippen LogP contribution in [0.15, 0.2) is 60.7 Å². The Hall–Kier alpha value is -3.75. The minimum Gasteiger partial charge on any atom is -0.497 e. The first-order chi connectivity index (χ1) is 18.8. The molecule has 0 aliphatic carbocycles. The molecule has 6 nitrogen and oxygen atoms in total. The Morgan fingerprint density at radius 1 is 1.13 bits per heavy atom. The summed E-state index contributed by atoms with van der Waals surface area (Å²) in [6, 6.07) is 17.5. The number of nitrogens with one attached hydrogen (secondary N) is 1. The van der Waals surface area contributed by atoms with Crippen molar-refractivity contribution >= 4 is 39.9 Å². The molecule has 3 heterocycles. The average molecular weight is 561 g/mol. The second-order valence-corrected chi connectivity index (χ2v) is 11.3. The van der Waals surface area contributed by atoms with Crippen LogP contribution in [0.1, 0.15) is 41.6 Å². The number of likely N-dealkylation sites (tertiary alicyclic amines) is 1. The monoisotopic (exact) mass is 560 g/mol. The average Bonchev–Trinajstić information content (AvgIpc) is 3.69. The molecule has 1 atom stereocenters. The topological polar surface area (TPSA) is 71.1 Å². The summed E-state index contributed by atoms with van der Waals surface area (Å²) in [5.41, 5.74) is 3.85. The molecule has 1 N–H and O–H groups in total. The molecule has 0 radical (unpaired) electrons. The van der Waals surface area contributed by atoms with Crippen molar-refractivity contribution in [2.75, 3.05) is 13.7 Å². The van der Waals surface area contributed by atoms with Gasteiger partial charge < -0.3 is 14.6 Å². The van der Waals surface area contributed by atoms with Gasteiger partial charge in [-0.05, 0) is 74.2 Å². The van der Waals surface area contributed by atoms with Crippen LogP contribution in [0.4, 0.5) is 4.39 Å². The number of ether oxygens (including phenoxy) is 1. The number of methoxy groups -OCH3 is 1. The van der Waals surface area contributed by atoms with E-state index in [0.717, 1.165) is 46.4 Å². The van der Waals surface area contributed by atoms with Crippen LogP contribution in [0.5, 0.6) is 5.75 Å². The van der Waals surface area contributed by atoms with E-state index in [9.17, 15) is 9.18 Å². The van der Waals surface area contributed by atoms with Crippen molar-refractivity contribution in [3.05, 3.63) is 88.6 Å². The van der Waals surface area contributed by atoms with Gasteiger partial charge in [0.25, 0.3) is 5.91 Å². The number of imidazole rings is 1. The molecular formula is C30H26ClFN4O2S. The van der Waals surface area contributed by atoms with E-state index in [2.05, 4.69) is 4.98 Å². The molecule has 1 amide bonds. The largest absolute Gasteiger partial charge is 0.497 e. The Morgan fingerprint density at radius 2 is 1.92 bits per heavy atom. The number of carbonyl (C=O) groups is 1. The number of fused-ring (bicyclic) bond motifs is 1. The maximum Gasteiger partial charge on any atom is 0.274 e. The predicted molar refractivity (Wildman–Crippen MR) is 153 cm³/mol. The zero-order valence-corrected chi connectivity index (χ0v) is 23.3. The normalized spacial score (nSPS) is 17.2. The molecule has 0 bridgehead atoms. The van der Waals surface area contributed by atoms with Crippen LogP contribution in [0.25, 0.3) is 32.0 Å². The molecular weight excluding hydrogens is 535 g/mol. The number of carbonyl (C=O) groups excluding carboxylic acids is 1. The van der Waals surface area contributed by atoms with Crippen LogP contribution >= 0.6 is 22.9 Å². The van der Waals surface area contributed by atoms with Gasteiger partial charge in [-0.3, -0.25) is 4.79 Å². The number of aryl methyl sites for hydroxylation is 1. The van der Waals surface area contributed by atoms with E-state index < -0.39 is 5.54 Å². The van der Waals surface area contributed by atoms with Crippen molar-refractivity contribution in [3.63, 3.8) is 0 Å². The molecule has 2 aromatic heterocycles. The number of amides is 1. The van der Waals surface area contributed by atoms with Crippen LogP contribution < -0.4 is 4.74 Å². The summed E-state index contributed by atoms with van der Waals surface area (Å²) in [6.45, 7) is 4.56. The van der Waals surface area contributed by atoms with Crippen molar-refractivity contribution in [1.29, 1.82) is 0 Å². The number of hydrogen-bond acceptors (Lipinski definition) is 5. The zero-order valence-electron chi connectivity index (χ0n) is 21.7. The summed E-state index contributed by atoms with van der Waals surface area (Å²) in [7, 11) is 1.61. The molecule has 198 valence electrons. The van der Waals surface area contributed by atoms with Crippen molar-refractivity contribution in [3.8, 4) is 26.8 Å². The van der Waals surface area contributed by atoms with Gasteiger partial charge in [-0.15, -0.1) is 11.3 Å². The van der Waals surface area contributed by atoms with E-state index in [4.69, 9.17) is 26.3 Å². The molecule has 1 aliphatic heterocycles. The molecule has 39 heavy (non-hydrogen) atoms. The van der Waals surface area contributed by atoms with Crippen molar-refractivity contribution in [2.45, 2.75) is 32.2 Å². The molecule has 5 aromatic rings. The molecule has 0 spiro atoms. The third kappa shape index (κ3) is 4.37. The van der Waals surface area contributed by atoms with E-state index in [0.29, 0.717) is 32.9 Å². The number of benzene rings is 3. The van der Waals surface area contributed by atoms with Gasteiger partial charge in [0.1, 0.15) is 28.1 Å². The maximum absolute atomic E-state index is 14.3. The first kappa shape index (κ1) is 25.5. The molecule has 1 aliphatic rings. The van der Waals surface area contributed by atoms with Crippen LogP contribution in [0.2, 0.25) is 5.02 Å². The number of rotatable bonds is 5. The number of thiazole rings is 1. The summed E-state index contributed by atoms with van der Waals surface area (Å²) in [6.07, 6.45) is 1.59. The second-order valence-electron chi connectivity index (χ2n) is 9.92. The maximum atomic E-state index is 14.3. The minimum absolute atomic E-state index is 0.185. The van der Waals surface area contributed by atoms with Crippen molar-refractivity contribution in [1.82, 2.24) is 19.9 Å². The van der Waals surface area contributed by atoms with Crippen molar-refractivity contribution in [2.24, 2.45) is 0 Å². The smallest absolute Gasteiger partial charge is 0.274 e. The van der Waals surface area contributed by atoms with E-state index in [1.165, 1.54) is 23.5 Å². The summed E-state index contributed by atoms with van der Waals surface area (Å²) < 4.78 is 19.2. The van der Waals surface area contributed by atoms with Gasteiger partial charge in [-0.1, -0.05) is 35.9 Å².